The van der Waals surface area contributed by atoms with E-state index in [-0.39, 0.29) is 36.0 Å². The van der Waals surface area contributed by atoms with Crippen molar-refractivity contribution in [2.75, 3.05) is 48.2 Å². The molecule has 344 valence electrons. The minimum atomic E-state index is -2.17. The molecule has 3 N–H and O–H groups in total. The fourth-order valence-electron chi connectivity index (χ4n) is 6.79. The lowest BCUT2D eigenvalue weighted by atomic mass is 10.0. The van der Waals surface area contributed by atoms with Crippen molar-refractivity contribution in [1.29, 1.82) is 0 Å². The van der Waals surface area contributed by atoms with Crippen LogP contribution in [0.5, 0.6) is 34.5 Å². The van der Waals surface area contributed by atoms with Crippen LogP contribution >= 0.6 is 0 Å². The van der Waals surface area contributed by atoms with Crippen molar-refractivity contribution in [2.24, 2.45) is 0 Å². The third kappa shape index (κ3) is 16.2. The zero-order valence-corrected chi connectivity index (χ0v) is 39.7. The van der Waals surface area contributed by atoms with Gasteiger partial charge in [-0.2, -0.15) is 0 Å². The molecule has 4 rings (SSSR count). The minimum Gasteiger partial charge on any atom is -0.493 e. The van der Waals surface area contributed by atoms with Crippen molar-refractivity contribution < 1.29 is 52.6 Å². The maximum Gasteiger partial charge on any atom is 0.258 e. The van der Waals surface area contributed by atoms with Crippen LogP contribution in [0, 0.1) is 0 Å². The summed E-state index contributed by atoms with van der Waals surface area (Å²) in [6.07, 6.45) is 3.01. The molecule has 0 bridgehead atoms. The molecule has 0 aliphatic rings. The van der Waals surface area contributed by atoms with E-state index < -0.39 is 20.5 Å². The number of hydrogen-bond donors (Lipinski definition) is 3. The van der Waals surface area contributed by atoms with Gasteiger partial charge >= 0.3 is 0 Å². The number of methoxy groups -OCH3 is 4. The molecule has 0 aliphatic heterocycles. The summed E-state index contributed by atoms with van der Waals surface area (Å²) in [5.74, 6) is 3.32. The van der Waals surface area contributed by atoms with Gasteiger partial charge in [-0.15, -0.1) is 0 Å². The van der Waals surface area contributed by atoms with Crippen molar-refractivity contribution >= 4 is 20.0 Å². The molecule has 0 spiro atoms. The van der Waals surface area contributed by atoms with E-state index in [1.54, 1.807) is 58.8 Å². The normalized spacial score (nSPS) is 13.1. The number of aliphatic hydroxyl groups is 2. The molecule has 0 saturated heterocycles. The molecule has 0 aliphatic carbocycles. The Labute approximate surface area is 375 Å². The van der Waals surface area contributed by atoms with Crippen LogP contribution in [0.15, 0.2) is 84.9 Å². The standard InChI is InChI=1S/C50H69NO11Si/c1-50(2,3)63(8,9)62-42(32-51-49(55)34-61-41-19-13-15-38(31-41)44(54)25-21-36-23-27-46(57-5)48(29-36)59-7)17-11-10-16-39(52)33-60-40-18-12-14-37(30-40)43(53)24-20-35-22-26-45(56-4)47(28-35)58-6/h12-15,18-19,22-23,26-31,42-44,53-54H,10-11,16-17,20-21,24-25,32-34H2,1-9H3,(H,51,55)/t42?,43?,44-/m1/s1. The predicted octanol–water partition coefficient (Wildman–Crippen LogP) is 9.15. The molecule has 4 aromatic carbocycles. The number of aliphatic hydroxyl groups excluding tert-OH is 2. The average Bonchev–Trinajstić information content (AvgIpc) is 3.28. The van der Waals surface area contributed by atoms with Crippen molar-refractivity contribution in [1.82, 2.24) is 5.32 Å². The molecule has 2 unspecified atom stereocenters. The first-order valence-electron chi connectivity index (χ1n) is 21.8. The zero-order valence-electron chi connectivity index (χ0n) is 38.7. The van der Waals surface area contributed by atoms with E-state index in [0.29, 0.717) is 91.6 Å². The Morgan fingerprint density at radius 1 is 0.635 bits per heavy atom. The fraction of sp³-hybridized carbons (Fsp3) is 0.480. The molecule has 4 aromatic rings. The Morgan fingerprint density at radius 2 is 1.13 bits per heavy atom. The van der Waals surface area contributed by atoms with Crippen molar-refractivity contribution in [3.63, 3.8) is 0 Å². The molecule has 3 atom stereocenters. The number of unbranched alkanes of at least 4 members (excludes halogenated alkanes) is 1. The average molecular weight is 888 g/mol. The molecule has 13 heteroatoms. The summed E-state index contributed by atoms with van der Waals surface area (Å²) in [6, 6.07) is 25.8. The van der Waals surface area contributed by atoms with Gasteiger partial charge in [-0.25, -0.2) is 0 Å². The smallest absolute Gasteiger partial charge is 0.258 e. The molecular formula is C50H69NO11Si. The first kappa shape index (κ1) is 50.6. The summed E-state index contributed by atoms with van der Waals surface area (Å²) < 4.78 is 39.9. The number of carbonyl (C=O) groups excluding carboxylic acids is 2. The van der Waals surface area contributed by atoms with Gasteiger partial charge < -0.3 is 48.4 Å². The van der Waals surface area contributed by atoms with Crippen LogP contribution < -0.4 is 33.7 Å². The van der Waals surface area contributed by atoms with Crippen molar-refractivity contribution in [2.45, 2.75) is 109 Å². The van der Waals surface area contributed by atoms with Crippen LogP contribution in [-0.4, -0.2) is 84.5 Å². The Morgan fingerprint density at radius 3 is 1.60 bits per heavy atom. The van der Waals surface area contributed by atoms with Gasteiger partial charge in [0, 0.05) is 13.0 Å². The largest absolute Gasteiger partial charge is 0.493 e. The van der Waals surface area contributed by atoms with Gasteiger partial charge in [0.1, 0.15) is 18.1 Å². The first-order chi connectivity index (χ1) is 30.0. The number of amides is 1. The molecule has 1 amide bonds. The molecule has 0 radical (unpaired) electrons. The fourth-order valence-corrected chi connectivity index (χ4v) is 8.18. The lowest BCUT2D eigenvalue weighted by Gasteiger charge is -2.39. The number of benzene rings is 4. The lowest BCUT2D eigenvalue weighted by Crippen LogP contribution is -2.47. The van der Waals surface area contributed by atoms with Gasteiger partial charge in [0.2, 0.25) is 0 Å². The number of rotatable bonds is 27. The number of nitrogens with one attached hydrogen (secondary N) is 1. The van der Waals surface area contributed by atoms with Gasteiger partial charge in [0.25, 0.3) is 5.91 Å². The second-order valence-electron chi connectivity index (χ2n) is 17.3. The summed E-state index contributed by atoms with van der Waals surface area (Å²) >= 11 is 0. The van der Waals surface area contributed by atoms with Gasteiger partial charge in [-0.05, 0) is 127 Å². The highest BCUT2D eigenvalue weighted by molar-refractivity contribution is 6.74. The molecule has 0 heterocycles. The summed E-state index contributed by atoms with van der Waals surface area (Å²) in [6.45, 7) is 11.0. The summed E-state index contributed by atoms with van der Waals surface area (Å²) in [5, 5.41) is 24.8. The monoisotopic (exact) mass is 887 g/mol. The van der Waals surface area contributed by atoms with Crippen molar-refractivity contribution in [3.05, 3.63) is 107 Å². The minimum absolute atomic E-state index is 0.0174. The number of carbonyl (C=O) groups is 2. The predicted molar refractivity (Wildman–Crippen MR) is 248 cm³/mol. The van der Waals surface area contributed by atoms with Crippen LogP contribution in [0.3, 0.4) is 0 Å². The number of aryl methyl sites for hydroxylation is 2. The van der Waals surface area contributed by atoms with E-state index in [4.69, 9.17) is 32.8 Å². The first-order valence-corrected chi connectivity index (χ1v) is 24.7. The third-order valence-corrected chi connectivity index (χ3v) is 16.1. The van der Waals surface area contributed by atoms with Crippen molar-refractivity contribution in [3.8, 4) is 34.5 Å². The third-order valence-electron chi connectivity index (χ3n) is 11.6. The molecule has 0 fully saturated rings. The molecule has 12 nitrogen and oxygen atoms in total. The number of Topliss-reactive ketones (excluding diaryl/α,β-unsaturated/α-hetero) is 1. The Balaban J connectivity index is 1.21. The highest BCUT2D eigenvalue weighted by atomic mass is 28.4. The van der Waals surface area contributed by atoms with Crippen LogP contribution in [-0.2, 0) is 26.9 Å². The lowest BCUT2D eigenvalue weighted by molar-refractivity contribution is -0.123. The van der Waals surface area contributed by atoms with Crippen LogP contribution in [0.1, 0.15) is 93.8 Å². The van der Waals surface area contributed by atoms with Gasteiger partial charge in [0.15, 0.2) is 43.7 Å². The van der Waals surface area contributed by atoms with Crippen LogP contribution in [0.4, 0.5) is 0 Å². The Bertz CT molecular complexity index is 2050. The van der Waals surface area contributed by atoms with Gasteiger partial charge in [-0.3, -0.25) is 9.59 Å². The summed E-state index contributed by atoms with van der Waals surface area (Å²) in [4.78, 5) is 25.9. The van der Waals surface area contributed by atoms with Gasteiger partial charge in [-0.1, -0.05) is 63.6 Å². The molecule has 0 aromatic heterocycles. The van der Waals surface area contributed by atoms with Crippen LogP contribution in [0.25, 0.3) is 0 Å². The molecular weight excluding hydrogens is 819 g/mol. The highest BCUT2D eigenvalue weighted by Gasteiger charge is 2.39. The maximum absolute atomic E-state index is 13.0. The summed E-state index contributed by atoms with van der Waals surface area (Å²) in [7, 11) is 4.21. The van der Waals surface area contributed by atoms with E-state index in [9.17, 15) is 19.8 Å². The topological polar surface area (TPSA) is 151 Å². The second kappa shape index (κ2) is 24.7. The van der Waals surface area contributed by atoms with E-state index in [0.717, 1.165) is 23.1 Å². The SMILES string of the molecule is COc1ccc(CCC(O)c2cccc(OCC(=O)CCCCC(CNC(=O)COc3cccc([C@H](O)CCc4ccc(OC)c(OC)c4)c3)O[Si](C)(C)C(C)(C)C)c2)cc1OC. The maximum atomic E-state index is 13.0. The molecule has 63 heavy (non-hydrogen) atoms. The Kier molecular flexibility index (Phi) is 19.8. The summed E-state index contributed by atoms with van der Waals surface area (Å²) in [5.41, 5.74) is 3.45. The van der Waals surface area contributed by atoms with E-state index in [1.807, 2.05) is 54.6 Å². The highest BCUT2D eigenvalue weighted by Crippen LogP contribution is 2.38. The van der Waals surface area contributed by atoms with Crippen LogP contribution in [0.2, 0.25) is 18.1 Å². The quantitative estimate of drug-likeness (QED) is 0.0389. The zero-order chi connectivity index (χ0) is 46.0. The van der Waals surface area contributed by atoms with E-state index in [2.05, 4.69) is 39.2 Å². The van der Waals surface area contributed by atoms with Gasteiger partial charge in [0.05, 0.1) is 46.8 Å². The molecule has 0 saturated carbocycles. The van der Waals surface area contributed by atoms with E-state index in [1.165, 1.54) is 0 Å². The number of hydrogen-bond acceptors (Lipinski definition) is 11. The number of ketones is 1. The van der Waals surface area contributed by atoms with E-state index >= 15 is 0 Å². The second-order valence-corrected chi connectivity index (χ2v) is 22.1. The Hall–Kier alpha value is -5.08. The number of ether oxygens (including phenoxy) is 6.